The van der Waals surface area contributed by atoms with Crippen LogP contribution >= 0.6 is 0 Å². The van der Waals surface area contributed by atoms with Gasteiger partial charge in [-0.05, 0) is 24.2 Å². The van der Waals surface area contributed by atoms with Crippen LogP contribution < -0.4 is 5.56 Å². The largest absolute Gasteiger partial charge is 0.378 e. The quantitative estimate of drug-likeness (QED) is 0.628. The number of likely N-dealkylation sites (N-methyl/N-ethyl adjacent to an activating group) is 1. The molecule has 0 fully saturated rings. The molecule has 0 atom stereocenters. The number of ether oxygens (including phenoxy) is 1. The van der Waals surface area contributed by atoms with Gasteiger partial charge in [-0.2, -0.15) is 5.10 Å². The Morgan fingerprint density at radius 2 is 2.15 bits per heavy atom. The average molecular weight is 367 g/mol. The number of aromatic amines is 1. The van der Waals surface area contributed by atoms with Crippen molar-refractivity contribution in [2.75, 3.05) is 20.2 Å². The summed E-state index contributed by atoms with van der Waals surface area (Å²) < 4.78 is 7.03. The Labute approximate surface area is 158 Å². The summed E-state index contributed by atoms with van der Waals surface area (Å²) in [7, 11) is 1.59. The molecule has 7 nitrogen and oxygen atoms in total. The smallest absolute Gasteiger partial charge is 0.251 e. The van der Waals surface area contributed by atoms with Crippen LogP contribution in [0.15, 0.2) is 53.6 Å². The molecule has 0 saturated carbocycles. The molecule has 0 saturated heterocycles. The highest BCUT2D eigenvalue weighted by Crippen LogP contribution is 2.17. The maximum Gasteiger partial charge on any atom is 0.251 e. The van der Waals surface area contributed by atoms with E-state index >= 15 is 0 Å². The van der Waals surface area contributed by atoms with Gasteiger partial charge in [0.1, 0.15) is 5.82 Å². The van der Waals surface area contributed by atoms with Gasteiger partial charge < -0.3 is 9.72 Å². The number of hydrogen-bond donors (Lipinski definition) is 1. The Bertz CT molecular complexity index is 905. The van der Waals surface area contributed by atoms with Gasteiger partial charge in [0.2, 0.25) is 0 Å². The summed E-state index contributed by atoms with van der Waals surface area (Å²) in [6.45, 7) is 6.01. The molecule has 0 bridgehead atoms. The van der Waals surface area contributed by atoms with Crippen molar-refractivity contribution < 1.29 is 4.74 Å². The SMILES string of the molecule is CCN(CCn1cccn1)Cc1cccc(-c2nc(COC)cc(=O)[nH]2)c1. The summed E-state index contributed by atoms with van der Waals surface area (Å²) in [6.07, 6.45) is 3.77. The molecule has 0 aliphatic carbocycles. The number of nitrogens with one attached hydrogen (secondary N) is 1. The third-order valence-corrected chi connectivity index (χ3v) is 4.35. The molecule has 0 unspecified atom stereocenters. The summed E-state index contributed by atoms with van der Waals surface area (Å²) in [5, 5.41) is 4.25. The number of nitrogens with zero attached hydrogens (tertiary/aromatic N) is 4. The number of benzene rings is 1. The van der Waals surface area contributed by atoms with Crippen LogP contribution in [0.3, 0.4) is 0 Å². The summed E-state index contributed by atoms with van der Waals surface area (Å²) in [5.41, 5.74) is 2.52. The van der Waals surface area contributed by atoms with Crippen LogP contribution in [0.2, 0.25) is 0 Å². The minimum Gasteiger partial charge on any atom is -0.378 e. The molecule has 2 heterocycles. The molecule has 27 heavy (non-hydrogen) atoms. The second-order valence-electron chi connectivity index (χ2n) is 6.36. The topological polar surface area (TPSA) is 76.0 Å². The predicted octanol–water partition coefficient (Wildman–Crippen LogP) is 2.30. The first-order valence-electron chi connectivity index (χ1n) is 9.06. The first kappa shape index (κ1) is 19.0. The van der Waals surface area contributed by atoms with E-state index in [0.717, 1.165) is 31.7 Å². The lowest BCUT2D eigenvalue weighted by molar-refractivity contribution is 0.181. The highest BCUT2D eigenvalue weighted by molar-refractivity contribution is 5.56. The molecule has 0 amide bonds. The maximum atomic E-state index is 11.9. The molecule has 0 aliphatic heterocycles. The van der Waals surface area contributed by atoms with Gasteiger partial charge in [0.25, 0.3) is 5.56 Å². The van der Waals surface area contributed by atoms with E-state index in [1.54, 1.807) is 13.3 Å². The Balaban J connectivity index is 1.73. The molecule has 1 aromatic carbocycles. The third kappa shape index (κ3) is 5.35. The van der Waals surface area contributed by atoms with Crippen LogP contribution in [-0.2, 0) is 24.4 Å². The van der Waals surface area contributed by atoms with Gasteiger partial charge in [0, 0.05) is 44.2 Å². The average Bonchev–Trinajstić information content (AvgIpc) is 3.19. The minimum atomic E-state index is -0.174. The zero-order chi connectivity index (χ0) is 19.1. The van der Waals surface area contributed by atoms with Crippen molar-refractivity contribution in [3.63, 3.8) is 0 Å². The lowest BCUT2D eigenvalue weighted by atomic mass is 10.1. The normalized spacial score (nSPS) is 11.2. The highest BCUT2D eigenvalue weighted by Gasteiger charge is 2.08. The van der Waals surface area contributed by atoms with Crippen molar-refractivity contribution >= 4 is 0 Å². The fourth-order valence-corrected chi connectivity index (χ4v) is 2.97. The van der Waals surface area contributed by atoms with Crippen LogP contribution in [-0.4, -0.2) is 44.8 Å². The van der Waals surface area contributed by atoms with Gasteiger partial charge in [-0.3, -0.25) is 14.4 Å². The molecule has 142 valence electrons. The molecule has 7 heteroatoms. The zero-order valence-electron chi connectivity index (χ0n) is 15.8. The fraction of sp³-hybridized carbons (Fsp3) is 0.350. The van der Waals surface area contributed by atoms with Gasteiger partial charge in [0.15, 0.2) is 0 Å². The van der Waals surface area contributed by atoms with Gasteiger partial charge in [-0.15, -0.1) is 0 Å². The molecule has 2 aromatic heterocycles. The van der Waals surface area contributed by atoms with Crippen molar-refractivity contribution in [3.8, 4) is 11.4 Å². The van der Waals surface area contributed by atoms with E-state index in [2.05, 4.69) is 39.0 Å². The van der Waals surface area contributed by atoms with E-state index in [1.807, 2.05) is 29.1 Å². The van der Waals surface area contributed by atoms with Crippen LogP contribution in [0, 0.1) is 0 Å². The monoisotopic (exact) mass is 367 g/mol. The van der Waals surface area contributed by atoms with E-state index < -0.39 is 0 Å². The molecule has 3 rings (SSSR count). The molecule has 3 aromatic rings. The molecular weight excluding hydrogens is 342 g/mol. The molecule has 0 aliphatic rings. The summed E-state index contributed by atoms with van der Waals surface area (Å²) in [5.74, 6) is 0.566. The van der Waals surface area contributed by atoms with Crippen molar-refractivity contribution in [3.05, 3.63) is 70.4 Å². The summed E-state index contributed by atoms with van der Waals surface area (Å²) >= 11 is 0. The fourth-order valence-electron chi connectivity index (χ4n) is 2.97. The van der Waals surface area contributed by atoms with Crippen LogP contribution in [0.5, 0.6) is 0 Å². The van der Waals surface area contributed by atoms with E-state index in [9.17, 15) is 4.79 Å². The van der Waals surface area contributed by atoms with Crippen LogP contribution in [0.25, 0.3) is 11.4 Å². The Kier molecular flexibility index (Phi) is 6.51. The molecule has 0 spiro atoms. The summed E-state index contributed by atoms with van der Waals surface area (Å²) in [6, 6.07) is 11.5. The van der Waals surface area contributed by atoms with Crippen molar-refractivity contribution in [2.45, 2.75) is 26.6 Å². The Morgan fingerprint density at radius 3 is 2.89 bits per heavy atom. The lowest BCUT2D eigenvalue weighted by Gasteiger charge is -2.20. The van der Waals surface area contributed by atoms with Crippen molar-refractivity contribution in [1.29, 1.82) is 0 Å². The zero-order valence-corrected chi connectivity index (χ0v) is 15.8. The first-order chi connectivity index (χ1) is 13.2. The number of hydrogen-bond acceptors (Lipinski definition) is 5. The van der Waals surface area contributed by atoms with Crippen LogP contribution in [0.1, 0.15) is 18.2 Å². The first-order valence-corrected chi connectivity index (χ1v) is 9.06. The van der Waals surface area contributed by atoms with Gasteiger partial charge >= 0.3 is 0 Å². The molecule has 0 radical (unpaired) electrons. The highest BCUT2D eigenvalue weighted by atomic mass is 16.5. The molecular formula is C20H25N5O2. The van der Waals surface area contributed by atoms with Gasteiger partial charge in [-0.1, -0.05) is 25.1 Å². The number of aromatic nitrogens is 4. The Morgan fingerprint density at radius 1 is 1.26 bits per heavy atom. The third-order valence-electron chi connectivity index (χ3n) is 4.35. The van der Waals surface area contributed by atoms with Gasteiger partial charge in [0.05, 0.1) is 18.8 Å². The number of H-pyrrole nitrogens is 1. The maximum absolute atomic E-state index is 11.9. The van der Waals surface area contributed by atoms with Crippen LogP contribution in [0.4, 0.5) is 0 Å². The van der Waals surface area contributed by atoms with E-state index in [0.29, 0.717) is 18.1 Å². The lowest BCUT2D eigenvalue weighted by Crippen LogP contribution is -2.27. The summed E-state index contributed by atoms with van der Waals surface area (Å²) in [4.78, 5) is 21.6. The minimum absolute atomic E-state index is 0.174. The second-order valence-corrected chi connectivity index (χ2v) is 6.36. The van der Waals surface area contributed by atoms with Gasteiger partial charge in [-0.25, -0.2) is 4.98 Å². The standard InChI is InChI=1S/C20H25N5O2/c1-3-24(10-11-25-9-5-8-21-25)14-16-6-4-7-17(12-16)20-22-18(15-27-2)13-19(26)23-20/h4-9,12-13H,3,10-11,14-15H2,1-2H3,(H,22,23,26). The number of methoxy groups -OCH3 is 1. The van der Waals surface area contributed by atoms with Crippen molar-refractivity contribution in [2.24, 2.45) is 0 Å². The second kappa shape index (κ2) is 9.25. The van der Waals surface area contributed by atoms with E-state index in [-0.39, 0.29) is 5.56 Å². The number of rotatable bonds is 9. The van der Waals surface area contributed by atoms with Crippen molar-refractivity contribution in [1.82, 2.24) is 24.6 Å². The predicted molar refractivity (Wildman–Crippen MR) is 104 cm³/mol. The molecule has 1 N–H and O–H groups in total. The van der Waals surface area contributed by atoms with E-state index in [1.165, 1.54) is 11.6 Å². The Hall–Kier alpha value is -2.77. The van der Waals surface area contributed by atoms with E-state index in [4.69, 9.17) is 4.74 Å².